The van der Waals surface area contributed by atoms with Crippen LogP contribution in [0.1, 0.15) is 44.7 Å². The second kappa shape index (κ2) is 7.24. The largest absolute Gasteiger partial charge is 0.311 e. The van der Waals surface area contributed by atoms with E-state index in [4.69, 9.17) is 0 Å². The van der Waals surface area contributed by atoms with Crippen LogP contribution in [0.15, 0.2) is 24.3 Å². The Morgan fingerprint density at radius 3 is 2.55 bits per heavy atom. The molecule has 2 nitrogen and oxygen atoms in total. The third-order valence-electron chi connectivity index (χ3n) is 4.36. The van der Waals surface area contributed by atoms with E-state index in [0.717, 1.165) is 19.0 Å². The number of nitrogens with one attached hydrogen (secondary N) is 1. The van der Waals surface area contributed by atoms with Crippen molar-refractivity contribution in [2.45, 2.75) is 59.2 Å². The van der Waals surface area contributed by atoms with E-state index in [1.54, 1.807) is 0 Å². The molecular formula is C18H30N2. The summed E-state index contributed by atoms with van der Waals surface area (Å²) in [5.41, 5.74) is 2.79. The number of hydrogen-bond acceptors (Lipinski definition) is 2. The zero-order valence-electron chi connectivity index (χ0n) is 13.5. The molecule has 2 heteroatoms. The number of benzene rings is 1. The smallest absolute Gasteiger partial charge is 0.0237 e. The molecule has 2 unspecified atom stereocenters. The lowest BCUT2D eigenvalue weighted by molar-refractivity contribution is 0.105. The topological polar surface area (TPSA) is 15.3 Å². The van der Waals surface area contributed by atoms with Gasteiger partial charge in [-0.15, -0.1) is 0 Å². The van der Waals surface area contributed by atoms with Crippen LogP contribution in [0.5, 0.6) is 0 Å². The molecule has 0 aromatic heterocycles. The van der Waals surface area contributed by atoms with Gasteiger partial charge in [-0.3, -0.25) is 4.90 Å². The molecule has 0 bridgehead atoms. The summed E-state index contributed by atoms with van der Waals surface area (Å²) in [5, 5.41) is 3.71. The highest BCUT2D eigenvalue weighted by molar-refractivity contribution is 5.21. The van der Waals surface area contributed by atoms with E-state index in [2.05, 4.69) is 62.2 Å². The van der Waals surface area contributed by atoms with Gasteiger partial charge in [0, 0.05) is 31.7 Å². The van der Waals surface area contributed by atoms with E-state index < -0.39 is 0 Å². The van der Waals surface area contributed by atoms with E-state index in [0.29, 0.717) is 12.1 Å². The SMILES string of the molecule is CCC1CN(Cc2ccc(C)cc2)C(CC(C)C)CN1. The molecule has 1 aliphatic heterocycles. The predicted molar refractivity (Wildman–Crippen MR) is 86.9 cm³/mol. The minimum absolute atomic E-state index is 0.656. The Hall–Kier alpha value is -0.860. The van der Waals surface area contributed by atoms with E-state index in [1.165, 1.54) is 30.5 Å². The van der Waals surface area contributed by atoms with E-state index >= 15 is 0 Å². The van der Waals surface area contributed by atoms with Gasteiger partial charge >= 0.3 is 0 Å². The Bertz CT molecular complexity index is 396. The standard InChI is InChI=1S/C18H30N2/c1-5-17-13-20(18(11-19-17)10-14(2)3)12-16-8-6-15(4)7-9-16/h6-9,14,17-19H,5,10-13H2,1-4H3. The van der Waals surface area contributed by atoms with Gasteiger partial charge in [0.2, 0.25) is 0 Å². The van der Waals surface area contributed by atoms with Gasteiger partial charge in [0.05, 0.1) is 0 Å². The molecule has 0 amide bonds. The van der Waals surface area contributed by atoms with Gasteiger partial charge in [0.25, 0.3) is 0 Å². The van der Waals surface area contributed by atoms with Gasteiger partial charge in [-0.1, -0.05) is 50.6 Å². The van der Waals surface area contributed by atoms with Gasteiger partial charge in [0.15, 0.2) is 0 Å². The molecule has 0 spiro atoms. The summed E-state index contributed by atoms with van der Waals surface area (Å²) in [4.78, 5) is 2.69. The van der Waals surface area contributed by atoms with Crippen LogP contribution in [0.25, 0.3) is 0 Å². The third-order valence-corrected chi connectivity index (χ3v) is 4.36. The first-order valence-corrected chi connectivity index (χ1v) is 8.11. The quantitative estimate of drug-likeness (QED) is 0.882. The summed E-state index contributed by atoms with van der Waals surface area (Å²) in [5.74, 6) is 0.764. The highest BCUT2D eigenvalue weighted by Crippen LogP contribution is 2.19. The van der Waals surface area contributed by atoms with Gasteiger partial charge in [-0.25, -0.2) is 0 Å². The minimum atomic E-state index is 0.656. The van der Waals surface area contributed by atoms with Crippen LogP contribution in [-0.2, 0) is 6.54 Å². The van der Waals surface area contributed by atoms with Crippen molar-refractivity contribution in [2.75, 3.05) is 13.1 Å². The van der Waals surface area contributed by atoms with Gasteiger partial charge in [-0.2, -0.15) is 0 Å². The Morgan fingerprint density at radius 2 is 1.95 bits per heavy atom. The molecule has 1 aliphatic rings. The highest BCUT2D eigenvalue weighted by atomic mass is 15.2. The number of piperazine rings is 1. The average molecular weight is 274 g/mol. The maximum Gasteiger partial charge on any atom is 0.0237 e. The Balaban J connectivity index is 2.04. The van der Waals surface area contributed by atoms with Gasteiger partial charge < -0.3 is 5.32 Å². The number of nitrogens with zero attached hydrogens (tertiary/aromatic N) is 1. The van der Waals surface area contributed by atoms with Gasteiger partial charge in [-0.05, 0) is 31.2 Å². The molecule has 2 rings (SSSR count). The lowest BCUT2D eigenvalue weighted by Crippen LogP contribution is -2.56. The van der Waals surface area contributed by atoms with Crippen molar-refractivity contribution in [1.82, 2.24) is 10.2 Å². The molecule has 0 aliphatic carbocycles. The van der Waals surface area contributed by atoms with Crippen molar-refractivity contribution in [2.24, 2.45) is 5.92 Å². The maximum absolute atomic E-state index is 3.71. The van der Waals surface area contributed by atoms with Gasteiger partial charge in [0.1, 0.15) is 0 Å². The number of aryl methyl sites for hydroxylation is 1. The second-order valence-electron chi connectivity index (χ2n) is 6.71. The molecule has 1 heterocycles. The van der Waals surface area contributed by atoms with Crippen LogP contribution < -0.4 is 5.32 Å². The van der Waals surface area contributed by atoms with Crippen LogP contribution in [-0.4, -0.2) is 30.1 Å². The van der Waals surface area contributed by atoms with Crippen molar-refractivity contribution < 1.29 is 0 Å². The first-order chi connectivity index (χ1) is 9.58. The Labute approximate surface area is 124 Å². The maximum atomic E-state index is 3.71. The molecule has 0 saturated carbocycles. The molecular weight excluding hydrogens is 244 g/mol. The van der Waals surface area contributed by atoms with Crippen molar-refractivity contribution in [3.05, 3.63) is 35.4 Å². The van der Waals surface area contributed by atoms with Crippen molar-refractivity contribution in [1.29, 1.82) is 0 Å². The van der Waals surface area contributed by atoms with E-state index in [-0.39, 0.29) is 0 Å². The third kappa shape index (κ3) is 4.32. The minimum Gasteiger partial charge on any atom is -0.311 e. The van der Waals surface area contributed by atoms with Crippen LogP contribution in [0.4, 0.5) is 0 Å². The summed E-state index contributed by atoms with van der Waals surface area (Å²) < 4.78 is 0. The monoisotopic (exact) mass is 274 g/mol. The van der Waals surface area contributed by atoms with Crippen LogP contribution in [0.3, 0.4) is 0 Å². The average Bonchev–Trinajstić information content (AvgIpc) is 2.42. The Kier molecular flexibility index (Phi) is 5.62. The molecule has 1 saturated heterocycles. The zero-order valence-corrected chi connectivity index (χ0v) is 13.5. The van der Waals surface area contributed by atoms with E-state index in [1.807, 2.05) is 0 Å². The second-order valence-corrected chi connectivity index (χ2v) is 6.71. The first kappa shape index (κ1) is 15.5. The molecule has 20 heavy (non-hydrogen) atoms. The lowest BCUT2D eigenvalue weighted by atomic mass is 9.97. The summed E-state index contributed by atoms with van der Waals surface area (Å²) in [6.07, 6.45) is 2.51. The Morgan fingerprint density at radius 1 is 1.25 bits per heavy atom. The number of hydrogen-bond donors (Lipinski definition) is 1. The molecule has 0 radical (unpaired) electrons. The van der Waals surface area contributed by atoms with Crippen molar-refractivity contribution >= 4 is 0 Å². The molecule has 1 aromatic carbocycles. The van der Waals surface area contributed by atoms with Crippen LogP contribution in [0.2, 0.25) is 0 Å². The van der Waals surface area contributed by atoms with Crippen molar-refractivity contribution in [3.8, 4) is 0 Å². The lowest BCUT2D eigenvalue weighted by Gasteiger charge is -2.41. The summed E-state index contributed by atoms with van der Waals surface area (Å²) in [6, 6.07) is 10.4. The molecule has 1 N–H and O–H groups in total. The van der Waals surface area contributed by atoms with E-state index in [9.17, 15) is 0 Å². The molecule has 1 aromatic rings. The van der Waals surface area contributed by atoms with Crippen molar-refractivity contribution in [3.63, 3.8) is 0 Å². The fourth-order valence-electron chi connectivity index (χ4n) is 3.10. The fourth-order valence-corrected chi connectivity index (χ4v) is 3.10. The summed E-state index contributed by atoms with van der Waals surface area (Å²) in [7, 11) is 0. The number of rotatable bonds is 5. The summed E-state index contributed by atoms with van der Waals surface area (Å²) >= 11 is 0. The molecule has 1 fully saturated rings. The first-order valence-electron chi connectivity index (χ1n) is 8.11. The zero-order chi connectivity index (χ0) is 14.5. The fraction of sp³-hybridized carbons (Fsp3) is 0.667. The molecule has 112 valence electrons. The highest BCUT2D eigenvalue weighted by Gasteiger charge is 2.27. The van der Waals surface area contributed by atoms with Crippen LogP contribution in [0, 0.1) is 12.8 Å². The normalized spacial score (nSPS) is 24.2. The summed E-state index contributed by atoms with van der Waals surface area (Å²) in [6.45, 7) is 12.5. The predicted octanol–water partition coefficient (Wildman–Crippen LogP) is 3.59. The van der Waals surface area contributed by atoms with Crippen LogP contribution >= 0.6 is 0 Å². The molecule has 2 atom stereocenters.